The lowest BCUT2D eigenvalue weighted by Gasteiger charge is -2.20. The van der Waals surface area contributed by atoms with Gasteiger partial charge in [0.2, 0.25) is 0 Å². The van der Waals surface area contributed by atoms with Crippen LogP contribution in [0.3, 0.4) is 0 Å². The molecule has 1 nitrogen and oxygen atoms in total. The summed E-state index contributed by atoms with van der Waals surface area (Å²) in [5.41, 5.74) is 3.49. The van der Waals surface area contributed by atoms with Crippen LogP contribution in [-0.2, 0) is 0 Å². The van der Waals surface area contributed by atoms with Crippen molar-refractivity contribution in [1.29, 1.82) is 0 Å². The Bertz CT molecular complexity index is 585. The van der Waals surface area contributed by atoms with E-state index >= 15 is 0 Å². The van der Waals surface area contributed by atoms with E-state index in [1.807, 2.05) is 12.1 Å². The van der Waals surface area contributed by atoms with Crippen molar-refractivity contribution in [2.24, 2.45) is 5.92 Å². The number of aryl methyl sites for hydroxylation is 1. The summed E-state index contributed by atoms with van der Waals surface area (Å²) in [4.78, 5) is 0. The minimum atomic E-state index is -0.179. The summed E-state index contributed by atoms with van der Waals surface area (Å²) in [6, 6.07) is 13.4. The first-order valence-corrected chi connectivity index (χ1v) is 7.70. The minimum Gasteiger partial charge on any atom is -0.378 e. The third-order valence-electron chi connectivity index (χ3n) is 3.69. The molecule has 1 saturated carbocycles. The standard InChI is InChI=1S/C17H17BrFN/c1-11-8-14(18)10-16(9-11)20-17(12-2-3-12)13-4-6-15(19)7-5-13/h4-10,12,17,20H,2-3H2,1H3. The van der Waals surface area contributed by atoms with Gasteiger partial charge >= 0.3 is 0 Å². The van der Waals surface area contributed by atoms with Crippen LogP contribution in [0.15, 0.2) is 46.9 Å². The average molecular weight is 334 g/mol. The van der Waals surface area contributed by atoms with Crippen LogP contribution in [0.25, 0.3) is 0 Å². The summed E-state index contributed by atoms with van der Waals surface area (Å²) in [5, 5.41) is 3.61. The Labute approximate surface area is 127 Å². The Hall–Kier alpha value is -1.35. The molecule has 104 valence electrons. The van der Waals surface area contributed by atoms with Crippen molar-refractivity contribution in [1.82, 2.24) is 0 Å². The van der Waals surface area contributed by atoms with Gasteiger partial charge in [-0.1, -0.05) is 28.1 Å². The second kappa shape index (κ2) is 5.57. The Balaban J connectivity index is 1.86. The van der Waals surface area contributed by atoms with E-state index in [9.17, 15) is 4.39 Å². The largest absolute Gasteiger partial charge is 0.378 e. The molecule has 0 amide bonds. The van der Waals surface area contributed by atoms with Gasteiger partial charge in [-0.05, 0) is 67.1 Å². The summed E-state index contributed by atoms with van der Waals surface area (Å²) in [6.45, 7) is 2.08. The van der Waals surface area contributed by atoms with Gasteiger partial charge in [-0.25, -0.2) is 4.39 Å². The van der Waals surface area contributed by atoms with Crippen LogP contribution in [0.4, 0.5) is 10.1 Å². The molecule has 20 heavy (non-hydrogen) atoms. The van der Waals surface area contributed by atoms with Crippen LogP contribution in [0.2, 0.25) is 0 Å². The fourth-order valence-electron chi connectivity index (χ4n) is 2.57. The molecule has 0 heterocycles. The molecule has 1 fully saturated rings. The number of nitrogens with one attached hydrogen (secondary N) is 1. The predicted octanol–water partition coefficient (Wildman–Crippen LogP) is 5.46. The molecule has 3 heteroatoms. The van der Waals surface area contributed by atoms with Crippen LogP contribution >= 0.6 is 15.9 Å². The highest BCUT2D eigenvalue weighted by Gasteiger charge is 2.32. The number of anilines is 1. The Morgan fingerprint density at radius 3 is 2.45 bits per heavy atom. The Kier molecular flexibility index (Phi) is 3.79. The fourth-order valence-corrected chi connectivity index (χ4v) is 3.18. The SMILES string of the molecule is Cc1cc(Br)cc(NC(c2ccc(F)cc2)C2CC2)c1. The predicted molar refractivity (Wildman–Crippen MR) is 84.4 cm³/mol. The molecule has 1 atom stereocenters. The average Bonchev–Trinajstić information content (AvgIpc) is 3.20. The van der Waals surface area contributed by atoms with Crippen molar-refractivity contribution in [2.45, 2.75) is 25.8 Å². The molecule has 0 aromatic heterocycles. The topological polar surface area (TPSA) is 12.0 Å². The van der Waals surface area contributed by atoms with Crippen LogP contribution < -0.4 is 5.32 Å². The summed E-state index contributed by atoms with van der Waals surface area (Å²) >= 11 is 3.53. The highest BCUT2D eigenvalue weighted by Crippen LogP contribution is 2.43. The normalized spacial score (nSPS) is 15.9. The van der Waals surface area contributed by atoms with Crippen molar-refractivity contribution in [2.75, 3.05) is 5.32 Å². The summed E-state index contributed by atoms with van der Waals surface area (Å²) in [5.74, 6) is 0.473. The quantitative estimate of drug-likeness (QED) is 0.783. The number of halogens is 2. The first-order valence-electron chi connectivity index (χ1n) is 6.91. The monoisotopic (exact) mass is 333 g/mol. The van der Waals surface area contributed by atoms with E-state index in [4.69, 9.17) is 0 Å². The van der Waals surface area contributed by atoms with Gasteiger partial charge in [-0.3, -0.25) is 0 Å². The number of hydrogen-bond acceptors (Lipinski definition) is 1. The maximum Gasteiger partial charge on any atom is 0.123 e. The molecule has 1 aliphatic carbocycles. The van der Waals surface area contributed by atoms with E-state index < -0.39 is 0 Å². The summed E-state index contributed by atoms with van der Waals surface area (Å²) in [7, 11) is 0. The molecule has 0 aliphatic heterocycles. The van der Waals surface area contributed by atoms with Crippen molar-refractivity contribution in [3.05, 3.63) is 63.9 Å². The summed E-state index contributed by atoms with van der Waals surface area (Å²) in [6.07, 6.45) is 2.48. The molecule has 2 aromatic rings. The Morgan fingerprint density at radius 2 is 1.85 bits per heavy atom. The smallest absolute Gasteiger partial charge is 0.123 e. The van der Waals surface area contributed by atoms with Gasteiger partial charge in [0.1, 0.15) is 5.82 Å². The van der Waals surface area contributed by atoms with Gasteiger partial charge in [0, 0.05) is 10.2 Å². The van der Waals surface area contributed by atoms with E-state index in [-0.39, 0.29) is 11.9 Å². The first-order chi connectivity index (χ1) is 9.61. The van der Waals surface area contributed by atoms with Gasteiger partial charge in [-0.2, -0.15) is 0 Å². The highest BCUT2D eigenvalue weighted by molar-refractivity contribution is 9.10. The molecule has 0 bridgehead atoms. The molecule has 1 aliphatic rings. The van der Waals surface area contributed by atoms with Gasteiger partial charge in [0.15, 0.2) is 0 Å². The highest BCUT2D eigenvalue weighted by atomic mass is 79.9. The number of hydrogen-bond donors (Lipinski definition) is 1. The van der Waals surface area contributed by atoms with E-state index in [0.717, 1.165) is 15.7 Å². The van der Waals surface area contributed by atoms with Crippen LogP contribution in [0.1, 0.15) is 30.0 Å². The second-order valence-electron chi connectivity index (χ2n) is 5.53. The molecule has 1 unspecified atom stereocenters. The van der Waals surface area contributed by atoms with Gasteiger partial charge in [0.05, 0.1) is 6.04 Å². The maximum atomic E-state index is 13.1. The molecule has 1 N–H and O–H groups in total. The lowest BCUT2D eigenvalue weighted by atomic mass is 10.0. The number of benzene rings is 2. The molecule has 3 rings (SSSR count). The summed E-state index contributed by atoms with van der Waals surface area (Å²) < 4.78 is 14.2. The molecular weight excluding hydrogens is 317 g/mol. The van der Waals surface area contributed by atoms with E-state index in [0.29, 0.717) is 5.92 Å². The molecule has 2 aromatic carbocycles. The Morgan fingerprint density at radius 1 is 1.15 bits per heavy atom. The molecule has 0 spiro atoms. The number of rotatable bonds is 4. The van der Waals surface area contributed by atoms with Crippen molar-refractivity contribution < 1.29 is 4.39 Å². The zero-order valence-electron chi connectivity index (χ0n) is 11.4. The third kappa shape index (κ3) is 3.21. The third-order valence-corrected chi connectivity index (χ3v) is 4.14. The van der Waals surface area contributed by atoms with E-state index in [1.165, 1.54) is 18.4 Å². The molecular formula is C17H17BrFN. The van der Waals surface area contributed by atoms with E-state index in [2.05, 4.69) is 46.4 Å². The lowest BCUT2D eigenvalue weighted by Crippen LogP contribution is -2.13. The van der Waals surface area contributed by atoms with Gasteiger partial charge < -0.3 is 5.32 Å². The molecule has 0 saturated heterocycles. The fraction of sp³-hybridized carbons (Fsp3) is 0.294. The van der Waals surface area contributed by atoms with Crippen molar-refractivity contribution in [3.8, 4) is 0 Å². The molecule has 0 radical (unpaired) electrons. The van der Waals surface area contributed by atoms with Crippen molar-refractivity contribution in [3.63, 3.8) is 0 Å². The van der Waals surface area contributed by atoms with Crippen LogP contribution in [-0.4, -0.2) is 0 Å². The lowest BCUT2D eigenvalue weighted by molar-refractivity contribution is 0.622. The first kappa shape index (κ1) is 13.6. The second-order valence-corrected chi connectivity index (χ2v) is 6.44. The van der Waals surface area contributed by atoms with Crippen molar-refractivity contribution >= 4 is 21.6 Å². The van der Waals surface area contributed by atoms with Crippen LogP contribution in [0.5, 0.6) is 0 Å². The zero-order chi connectivity index (χ0) is 14.1. The minimum absolute atomic E-state index is 0.179. The van der Waals surface area contributed by atoms with E-state index in [1.54, 1.807) is 12.1 Å². The maximum absolute atomic E-state index is 13.1. The van der Waals surface area contributed by atoms with Crippen LogP contribution in [0, 0.1) is 18.7 Å². The van der Waals surface area contributed by atoms with Gasteiger partial charge in [-0.15, -0.1) is 0 Å². The zero-order valence-corrected chi connectivity index (χ0v) is 13.0. The van der Waals surface area contributed by atoms with Gasteiger partial charge in [0.25, 0.3) is 0 Å².